The average molecular weight is 224 g/mol. The smallest absolute Gasteiger partial charge is 0.232 e. The van der Waals surface area contributed by atoms with Gasteiger partial charge in [-0.1, -0.05) is 6.07 Å². The van der Waals surface area contributed by atoms with E-state index < -0.39 is 0 Å². The van der Waals surface area contributed by atoms with Crippen LogP contribution in [0.3, 0.4) is 0 Å². The fourth-order valence-corrected chi connectivity index (χ4v) is 2.25. The Hall–Kier alpha value is -1.16. The van der Waals surface area contributed by atoms with Crippen LogP contribution in [0.25, 0.3) is 0 Å². The molecule has 0 aromatic heterocycles. The van der Waals surface area contributed by atoms with E-state index in [9.17, 15) is 4.79 Å². The third kappa shape index (κ3) is 3.16. The van der Waals surface area contributed by atoms with Crippen molar-refractivity contribution in [2.75, 3.05) is 12.8 Å². The molecule has 4 heteroatoms. The lowest BCUT2D eigenvalue weighted by Crippen LogP contribution is -2.27. The van der Waals surface area contributed by atoms with Gasteiger partial charge in [0.25, 0.3) is 0 Å². The molecule has 82 valence electrons. The number of thioether (sulfide) groups is 1. The number of nitrogens with one attached hydrogen (secondary N) is 1. The van der Waals surface area contributed by atoms with Crippen molar-refractivity contribution in [2.24, 2.45) is 0 Å². The SMILES string of the molecule is CNC(=O)C(C)Sc1cc(N)ccc1C. The highest BCUT2D eigenvalue weighted by atomic mass is 32.2. The first kappa shape index (κ1) is 11.9. The van der Waals surface area contributed by atoms with Gasteiger partial charge < -0.3 is 11.1 Å². The van der Waals surface area contributed by atoms with E-state index in [0.717, 1.165) is 16.1 Å². The number of aryl methyl sites for hydroxylation is 1. The van der Waals surface area contributed by atoms with Gasteiger partial charge in [0.1, 0.15) is 0 Å². The molecule has 1 unspecified atom stereocenters. The standard InChI is InChI=1S/C11H16N2OS/c1-7-4-5-9(12)6-10(7)15-8(2)11(14)13-3/h4-6,8H,12H2,1-3H3,(H,13,14). The summed E-state index contributed by atoms with van der Waals surface area (Å²) in [6.07, 6.45) is 0. The van der Waals surface area contributed by atoms with Crippen molar-refractivity contribution in [3.05, 3.63) is 23.8 Å². The summed E-state index contributed by atoms with van der Waals surface area (Å²) < 4.78 is 0. The van der Waals surface area contributed by atoms with Crippen molar-refractivity contribution < 1.29 is 4.79 Å². The Balaban J connectivity index is 2.80. The molecule has 0 radical (unpaired) electrons. The van der Waals surface area contributed by atoms with Gasteiger partial charge in [-0.15, -0.1) is 11.8 Å². The molecule has 1 atom stereocenters. The molecule has 1 aromatic carbocycles. The highest BCUT2D eigenvalue weighted by Crippen LogP contribution is 2.28. The number of hydrogen-bond donors (Lipinski definition) is 2. The maximum Gasteiger partial charge on any atom is 0.232 e. The van der Waals surface area contributed by atoms with Crippen LogP contribution in [-0.2, 0) is 4.79 Å². The minimum absolute atomic E-state index is 0.0295. The second-order valence-corrected chi connectivity index (χ2v) is 4.78. The number of carbonyl (C=O) groups is 1. The van der Waals surface area contributed by atoms with Gasteiger partial charge in [0.2, 0.25) is 5.91 Å². The Morgan fingerprint density at radius 1 is 1.53 bits per heavy atom. The fourth-order valence-electron chi connectivity index (χ4n) is 1.19. The number of nitrogens with two attached hydrogens (primary N) is 1. The van der Waals surface area contributed by atoms with E-state index in [0.29, 0.717) is 0 Å². The summed E-state index contributed by atoms with van der Waals surface area (Å²) >= 11 is 1.52. The lowest BCUT2D eigenvalue weighted by molar-refractivity contribution is -0.119. The molecule has 3 N–H and O–H groups in total. The average Bonchev–Trinajstić information content (AvgIpc) is 2.22. The molecule has 0 aliphatic heterocycles. The number of nitrogen functional groups attached to an aromatic ring is 1. The Labute approximate surface area is 94.4 Å². The minimum Gasteiger partial charge on any atom is -0.399 e. The first-order valence-electron chi connectivity index (χ1n) is 4.79. The van der Waals surface area contributed by atoms with Crippen molar-refractivity contribution in [1.29, 1.82) is 0 Å². The Morgan fingerprint density at radius 2 is 2.20 bits per heavy atom. The van der Waals surface area contributed by atoms with Crippen LogP contribution < -0.4 is 11.1 Å². The largest absolute Gasteiger partial charge is 0.399 e. The molecule has 0 spiro atoms. The predicted molar refractivity (Wildman–Crippen MR) is 65.0 cm³/mol. The molecule has 0 saturated carbocycles. The zero-order chi connectivity index (χ0) is 11.4. The minimum atomic E-state index is -0.101. The predicted octanol–water partition coefficient (Wildman–Crippen LogP) is 1.80. The summed E-state index contributed by atoms with van der Waals surface area (Å²) in [5.41, 5.74) is 7.57. The van der Waals surface area contributed by atoms with Crippen LogP contribution in [0, 0.1) is 6.92 Å². The Morgan fingerprint density at radius 3 is 2.80 bits per heavy atom. The van der Waals surface area contributed by atoms with Crippen molar-refractivity contribution in [3.8, 4) is 0 Å². The summed E-state index contributed by atoms with van der Waals surface area (Å²) in [5.74, 6) is 0.0295. The van der Waals surface area contributed by atoms with E-state index in [1.807, 2.05) is 32.0 Å². The second kappa shape index (κ2) is 5.07. The van der Waals surface area contributed by atoms with Gasteiger partial charge in [-0.2, -0.15) is 0 Å². The molecule has 0 aliphatic rings. The maximum atomic E-state index is 11.3. The van der Waals surface area contributed by atoms with Crippen LogP contribution in [0.4, 0.5) is 5.69 Å². The summed E-state index contributed by atoms with van der Waals surface area (Å²) in [6, 6.07) is 5.73. The first-order chi connectivity index (χ1) is 7.04. The zero-order valence-corrected chi connectivity index (χ0v) is 10.0. The van der Waals surface area contributed by atoms with Gasteiger partial charge in [-0.3, -0.25) is 4.79 Å². The van der Waals surface area contributed by atoms with E-state index in [4.69, 9.17) is 5.73 Å². The molecule has 0 heterocycles. The lowest BCUT2D eigenvalue weighted by Gasteiger charge is -2.11. The highest BCUT2D eigenvalue weighted by Gasteiger charge is 2.13. The van der Waals surface area contributed by atoms with Crippen molar-refractivity contribution in [1.82, 2.24) is 5.32 Å². The number of rotatable bonds is 3. The number of benzene rings is 1. The quantitative estimate of drug-likeness (QED) is 0.608. The summed E-state index contributed by atoms with van der Waals surface area (Å²) in [5, 5.41) is 2.53. The van der Waals surface area contributed by atoms with Gasteiger partial charge >= 0.3 is 0 Å². The third-order valence-corrected chi connectivity index (χ3v) is 3.39. The van der Waals surface area contributed by atoms with Crippen LogP contribution >= 0.6 is 11.8 Å². The molecule has 3 nitrogen and oxygen atoms in total. The number of hydrogen-bond acceptors (Lipinski definition) is 3. The molecule has 0 aliphatic carbocycles. The van der Waals surface area contributed by atoms with Gasteiger partial charge in [0.15, 0.2) is 0 Å². The molecule has 1 amide bonds. The van der Waals surface area contributed by atoms with Gasteiger partial charge in [0.05, 0.1) is 5.25 Å². The molecular weight excluding hydrogens is 208 g/mol. The molecule has 1 rings (SSSR count). The lowest BCUT2D eigenvalue weighted by atomic mass is 10.2. The van der Waals surface area contributed by atoms with E-state index in [1.165, 1.54) is 11.8 Å². The van der Waals surface area contributed by atoms with Crippen LogP contribution in [0.1, 0.15) is 12.5 Å². The van der Waals surface area contributed by atoms with Crippen molar-refractivity contribution in [3.63, 3.8) is 0 Å². The monoisotopic (exact) mass is 224 g/mol. The second-order valence-electron chi connectivity index (χ2n) is 3.40. The normalized spacial score (nSPS) is 12.2. The van der Waals surface area contributed by atoms with E-state index in [-0.39, 0.29) is 11.2 Å². The number of amides is 1. The Kier molecular flexibility index (Phi) is 4.03. The molecular formula is C11H16N2OS. The summed E-state index contributed by atoms with van der Waals surface area (Å²) in [4.78, 5) is 12.4. The molecule has 0 bridgehead atoms. The maximum absolute atomic E-state index is 11.3. The van der Waals surface area contributed by atoms with Gasteiger partial charge in [0, 0.05) is 17.6 Å². The number of carbonyl (C=O) groups excluding carboxylic acids is 1. The van der Waals surface area contributed by atoms with Crippen LogP contribution in [-0.4, -0.2) is 18.2 Å². The van der Waals surface area contributed by atoms with Gasteiger partial charge in [-0.05, 0) is 31.5 Å². The van der Waals surface area contributed by atoms with E-state index in [2.05, 4.69) is 5.32 Å². The van der Waals surface area contributed by atoms with Crippen LogP contribution in [0.15, 0.2) is 23.1 Å². The molecule has 0 fully saturated rings. The first-order valence-corrected chi connectivity index (χ1v) is 5.67. The topological polar surface area (TPSA) is 55.1 Å². The number of anilines is 1. The van der Waals surface area contributed by atoms with Crippen LogP contribution in [0.2, 0.25) is 0 Å². The molecule has 15 heavy (non-hydrogen) atoms. The third-order valence-electron chi connectivity index (χ3n) is 2.13. The molecule has 1 aromatic rings. The summed E-state index contributed by atoms with van der Waals surface area (Å²) in [7, 11) is 1.64. The van der Waals surface area contributed by atoms with E-state index in [1.54, 1.807) is 7.05 Å². The Bertz CT molecular complexity index is 366. The highest BCUT2D eigenvalue weighted by molar-refractivity contribution is 8.00. The summed E-state index contributed by atoms with van der Waals surface area (Å²) in [6.45, 7) is 3.89. The fraction of sp³-hybridized carbons (Fsp3) is 0.364. The van der Waals surface area contributed by atoms with Crippen molar-refractivity contribution >= 4 is 23.4 Å². The van der Waals surface area contributed by atoms with E-state index >= 15 is 0 Å². The zero-order valence-electron chi connectivity index (χ0n) is 9.20. The van der Waals surface area contributed by atoms with Crippen molar-refractivity contribution in [2.45, 2.75) is 24.0 Å². The van der Waals surface area contributed by atoms with Crippen LogP contribution in [0.5, 0.6) is 0 Å². The molecule has 0 saturated heterocycles. The van der Waals surface area contributed by atoms with Gasteiger partial charge in [-0.25, -0.2) is 0 Å².